The second kappa shape index (κ2) is 9.57. The Hall–Kier alpha value is -2.46. The molecular weight excluding hydrogens is 370 g/mol. The molecular formula is C27H31NO2. The van der Waals surface area contributed by atoms with E-state index in [0.29, 0.717) is 0 Å². The van der Waals surface area contributed by atoms with Crippen LogP contribution < -0.4 is 0 Å². The number of piperidine rings is 1. The van der Waals surface area contributed by atoms with Gasteiger partial charge in [-0.2, -0.15) is 0 Å². The maximum absolute atomic E-state index is 9.32. The Morgan fingerprint density at radius 3 is 1.97 bits per heavy atom. The van der Waals surface area contributed by atoms with E-state index in [2.05, 4.69) is 77.7 Å². The van der Waals surface area contributed by atoms with Crippen LogP contribution in [-0.4, -0.2) is 36.3 Å². The van der Waals surface area contributed by atoms with E-state index in [1.54, 1.807) is 0 Å². The van der Waals surface area contributed by atoms with Gasteiger partial charge in [0, 0.05) is 13.7 Å². The maximum Gasteiger partial charge on any atom is 0.0981 e. The van der Waals surface area contributed by atoms with Gasteiger partial charge in [0.15, 0.2) is 0 Å². The summed E-state index contributed by atoms with van der Waals surface area (Å²) < 4.78 is 6.16. The monoisotopic (exact) mass is 401 g/mol. The molecule has 0 saturated carbocycles. The van der Waals surface area contributed by atoms with Crippen LogP contribution in [0.1, 0.15) is 35.1 Å². The second-order valence-corrected chi connectivity index (χ2v) is 8.08. The van der Waals surface area contributed by atoms with E-state index in [1.807, 2.05) is 19.2 Å². The van der Waals surface area contributed by atoms with Gasteiger partial charge in [-0.15, -0.1) is 0 Å². The third-order valence-corrected chi connectivity index (χ3v) is 6.45. The van der Waals surface area contributed by atoms with Gasteiger partial charge in [0.25, 0.3) is 0 Å². The molecule has 3 aromatic carbocycles. The summed E-state index contributed by atoms with van der Waals surface area (Å²) in [5, 5.41) is 9.32. The summed E-state index contributed by atoms with van der Waals surface area (Å²) in [5.41, 5.74) is 4.53. The molecule has 3 nitrogen and oxygen atoms in total. The molecule has 0 spiro atoms. The van der Waals surface area contributed by atoms with Gasteiger partial charge < -0.3 is 9.84 Å². The predicted molar refractivity (Wildman–Crippen MR) is 121 cm³/mol. The van der Waals surface area contributed by atoms with Crippen molar-refractivity contribution in [3.63, 3.8) is 0 Å². The van der Waals surface area contributed by atoms with Gasteiger partial charge in [-0.05, 0) is 48.1 Å². The van der Waals surface area contributed by atoms with Crippen molar-refractivity contribution in [3.05, 3.63) is 107 Å². The number of benzene rings is 3. The molecule has 0 aliphatic carbocycles. The molecule has 1 atom stereocenters. The number of ether oxygens (including phenoxy) is 1. The summed E-state index contributed by atoms with van der Waals surface area (Å²) in [6.45, 7) is 2.08. The molecule has 1 heterocycles. The molecule has 0 unspecified atom stereocenters. The quantitative estimate of drug-likeness (QED) is 0.619. The molecule has 1 fully saturated rings. The smallest absolute Gasteiger partial charge is 0.0981 e. The van der Waals surface area contributed by atoms with Gasteiger partial charge in [0.05, 0.1) is 18.2 Å². The fourth-order valence-corrected chi connectivity index (χ4v) is 5.00. The number of nitrogens with zero attached hydrogens (tertiary/aromatic N) is 1. The van der Waals surface area contributed by atoms with E-state index in [-0.39, 0.29) is 18.2 Å². The molecule has 1 saturated heterocycles. The highest BCUT2D eigenvalue weighted by atomic mass is 16.5. The summed E-state index contributed by atoms with van der Waals surface area (Å²) in [6.07, 6.45) is 3.22. The number of likely N-dealkylation sites (tertiary alicyclic amines) is 1. The van der Waals surface area contributed by atoms with Gasteiger partial charge in [0.1, 0.15) is 0 Å². The van der Waals surface area contributed by atoms with Gasteiger partial charge in [-0.1, -0.05) is 84.9 Å². The SMILES string of the molecule is CO[C@@H]1CCCN(CCc2ccc(CO)cc2)C1(c1ccccc1)c1ccccc1. The van der Waals surface area contributed by atoms with Crippen LogP contribution in [-0.2, 0) is 23.3 Å². The highest BCUT2D eigenvalue weighted by Crippen LogP contribution is 2.44. The van der Waals surface area contributed by atoms with E-state index in [9.17, 15) is 5.11 Å². The van der Waals surface area contributed by atoms with Crippen molar-refractivity contribution >= 4 is 0 Å². The molecule has 1 N–H and O–H groups in total. The third-order valence-electron chi connectivity index (χ3n) is 6.45. The average molecular weight is 402 g/mol. The molecule has 156 valence electrons. The van der Waals surface area contributed by atoms with Gasteiger partial charge in [0.2, 0.25) is 0 Å². The fraction of sp³-hybridized carbons (Fsp3) is 0.333. The van der Waals surface area contributed by atoms with Gasteiger partial charge in [-0.3, -0.25) is 4.90 Å². The Balaban J connectivity index is 1.74. The maximum atomic E-state index is 9.32. The molecule has 1 aliphatic rings. The minimum Gasteiger partial charge on any atom is -0.392 e. The average Bonchev–Trinajstić information content (AvgIpc) is 2.83. The molecule has 3 heteroatoms. The zero-order valence-corrected chi connectivity index (χ0v) is 17.7. The lowest BCUT2D eigenvalue weighted by atomic mass is 9.72. The lowest BCUT2D eigenvalue weighted by Gasteiger charge is -2.52. The summed E-state index contributed by atoms with van der Waals surface area (Å²) in [7, 11) is 1.85. The number of methoxy groups -OCH3 is 1. The van der Waals surface area contributed by atoms with Crippen molar-refractivity contribution < 1.29 is 9.84 Å². The lowest BCUT2D eigenvalue weighted by Crippen LogP contribution is -2.59. The molecule has 30 heavy (non-hydrogen) atoms. The summed E-state index contributed by atoms with van der Waals surface area (Å²) >= 11 is 0. The first-order valence-electron chi connectivity index (χ1n) is 10.9. The normalized spacial score (nSPS) is 18.9. The fourth-order valence-electron chi connectivity index (χ4n) is 5.00. The van der Waals surface area contributed by atoms with Crippen LogP contribution in [0.5, 0.6) is 0 Å². The number of hydrogen-bond acceptors (Lipinski definition) is 3. The number of rotatable bonds is 7. The summed E-state index contributed by atoms with van der Waals surface area (Å²) in [6, 6.07) is 30.0. The number of aliphatic hydroxyl groups is 1. The standard InChI is InChI=1S/C27H31NO2/c1-30-26-13-8-19-28(20-18-22-14-16-23(21-29)17-15-22)27(26,24-9-4-2-5-10-24)25-11-6-3-7-12-25/h2-7,9-12,14-17,26,29H,8,13,18-21H2,1H3/t26-/m1/s1. The Labute approximate surface area is 179 Å². The summed E-state index contributed by atoms with van der Waals surface area (Å²) in [5.74, 6) is 0. The van der Waals surface area contributed by atoms with E-state index < -0.39 is 0 Å². The van der Waals surface area contributed by atoms with E-state index >= 15 is 0 Å². The minimum absolute atomic E-state index is 0.0903. The van der Waals surface area contributed by atoms with Crippen molar-refractivity contribution in [3.8, 4) is 0 Å². The molecule has 4 rings (SSSR count). The summed E-state index contributed by atoms with van der Waals surface area (Å²) in [4.78, 5) is 2.62. The highest BCUT2D eigenvalue weighted by molar-refractivity contribution is 5.41. The van der Waals surface area contributed by atoms with Crippen molar-refractivity contribution in [2.24, 2.45) is 0 Å². The molecule has 3 aromatic rings. The zero-order chi connectivity index (χ0) is 20.8. The third kappa shape index (κ3) is 3.93. The van der Waals surface area contributed by atoms with Crippen LogP contribution >= 0.6 is 0 Å². The van der Waals surface area contributed by atoms with Crippen LogP contribution in [0.4, 0.5) is 0 Å². The van der Waals surface area contributed by atoms with E-state index in [0.717, 1.165) is 37.9 Å². The van der Waals surface area contributed by atoms with Crippen LogP contribution in [0.3, 0.4) is 0 Å². The van der Waals surface area contributed by atoms with Crippen LogP contribution in [0.15, 0.2) is 84.9 Å². The largest absolute Gasteiger partial charge is 0.392 e. The predicted octanol–water partition coefficient (Wildman–Crippen LogP) is 4.78. The van der Waals surface area contributed by atoms with E-state index in [4.69, 9.17) is 4.74 Å². The Morgan fingerprint density at radius 2 is 1.43 bits per heavy atom. The van der Waals surface area contributed by atoms with Crippen molar-refractivity contribution in [2.45, 2.75) is 37.5 Å². The van der Waals surface area contributed by atoms with E-state index in [1.165, 1.54) is 16.7 Å². The Morgan fingerprint density at radius 1 is 0.867 bits per heavy atom. The first-order valence-corrected chi connectivity index (χ1v) is 10.9. The second-order valence-electron chi connectivity index (χ2n) is 8.08. The van der Waals surface area contributed by atoms with Crippen LogP contribution in [0.25, 0.3) is 0 Å². The lowest BCUT2D eigenvalue weighted by molar-refractivity contribution is -0.0672. The van der Waals surface area contributed by atoms with Gasteiger partial charge in [-0.25, -0.2) is 0 Å². The van der Waals surface area contributed by atoms with Crippen LogP contribution in [0.2, 0.25) is 0 Å². The Kier molecular flexibility index (Phi) is 6.63. The first kappa shape index (κ1) is 20.8. The molecule has 0 radical (unpaired) electrons. The minimum atomic E-state index is -0.305. The van der Waals surface area contributed by atoms with Gasteiger partial charge >= 0.3 is 0 Å². The Bertz CT molecular complexity index is 869. The molecule has 0 bridgehead atoms. The topological polar surface area (TPSA) is 32.7 Å². The molecule has 0 aromatic heterocycles. The number of hydrogen-bond donors (Lipinski definition) is 1. The molecule has 0 amide bonds. The number of aliphatic hydroxyl groups excluding tert-OH is 1. The highest BCUT2D eigenvalue weighted by Gasteiger charge is 2.49. The van der Waals surface area contributed by atoms with Crippen molar-refractivity contribution in [1.82, 2.24) is 4.90 Å². The molecule has 1 aliphatic heterocycles. The zero-order valence-electron chi connectivity index (χ0n) is 17.7. The van der Waals surface area contributed by atoms with Crippen molar-refractivity contribution in [1.29, 1.82) is 0 Å². The first-order chi connectivity index (χ1) is 14.8. The van der Waals surface area contributed by atoms with Crippen LogP contribution in [0, 0.1) is 0 Å². The van der Waals surface area contributed by atoms with Crippen molar-refractivity contribution in [2.75, 3.05) is 20.2 Å².